The highest BCUT2D eigenvalue weighted by Gasteiger charge is 2.20. The van der Waals surface area contributed by atoms with Gasteiger partial charge in [0.2, 0.25) is 5.91 Å². The zero-order valence-corrected chi connectivity index (χ0v) is 14.1. The zero-order valence-electron chi connectivity index (χ0n) is 12.6. The van der Waals surface area contributed by atoms with Gasteiger partial charge in [-0.25, -0.2) is 4.68 Å². The molecule has 5 nitrogen and oxygen atoms in total. The van der Waals surface area contributed by atoms with Crippen molar-refractivity contribution < 1.29 is 4.79 Å². The number of halogens is 2. The van der Waals surface area contributed by atoms with E-state index in [-0.39, 0.29) is 5.91 Å². The molecular formula is C16H18Cl2N4O. The Morgan fingerprint density at radius 2 is 2.13 bits per heavy atom. The molecule has 1 fully saturated rings. The van der Waals surface area contributed by atoms with E-state index >= 15 is 0 Å². The Bertz CT molecular complexity index is 697. The minimum Gasteiger partial charge on any atom is -0.310 e. The Labute approximate surface area is 145 Å². The van der Waals surface area contributed by atoms with Crippen molar-refractivity contribution in [1.82, 2.24) is 15.1 Å². The van der Waals surface area contributed by atoms with Crippen LogP contribution in [0.1, 0.15) is 18.4 Å². The van der Waals surface area contributed by atoms with Crippen molar-refractivity contribution in [3.05, 3.63) is 46.1 Å². The predicted molar refractivity (Wildman–Crippen MR) is 92.0 cm³/mol. The smallest absolute Gasteiger partial charge is 0.239 e. The standard InChI is InChI=1S/C16H18Cl2N4O/c17-13-3-1-2-12(16(13)18)10-22-14(6-7-20-22)21-15(23)9-19-8-11-4-5-11/h1-3,6-7,11,19H,4-5,8-10H2,(H,21,23). The van der Waals surface area contributed by atoms with Crippen LogP contribution in [0.4, 0.5) is 5.82 Å². The Balaban J connectivity index is 1.60. The first-order chi connectivity index (χ1) is 11.1. The Hall–Kier alpha value is -1.56. The third-order valence-corrected chi connectivity index (χ3v) is 4.61. The molecule has 23 heavy (non-hydrogen) atoms. The highest BCUT2D eigenvalue weighted by atomic mass is 35.5. The minimum atomic E-state index is -0.0791. The van der Waals surface area contributed by atoms with E-state index in [2.05, 4.69) is 15.7 Å². The SMILES string of the molecule is O=C(CNCC1CC1)Nc1ccnn1Cc1cccc(Cl)c1Cl. The number of carbonyl (C=O) groups is 1. The van der Waals surface area contributed by atoms with E-state index < -0.39 is 0 Å². The van der Waals surface area contributed by atoms with E-state index in [0.29, 0.717) is 29.0 Å². The number of hydrogen-bond donors (Lipinski definition) is 2. The maximum absolute atomic E-state index is 12.0. The fraction of sp³-hybridized carbons (Fsp3) is 0.375. The molecule has 1 heterocycles. The van der Waals surface area contributed by atoms with E-state index in [1.54, 1.807) is 23.0 Å². The van der Waals surface area contributed by atoms with Gasteiger partial charge in [-0.1, -0.05) is 35.3 Å². The number of nitrogens with zero attached hydrogens (tertiary/aromatic N) is 2. The fourth-order valence-corrected chi connectivity index (χ4v) is 2.68. The van der Waals surface area contributed by atoms with Gasteiger partial charge in [0.25, 0.3) is 0 Å². The Morgan fingerprint density at radius 1 is 1.30 bits per heavy atom. The highest BCUT2D eigenvalue weighted by molar-refractivity contribution is 6.42. The summed E-state index contributed by atoms with van der Waals surface area (Å²) < 4.78 is 1.69. The first-order valence-electron chi connectivity index (χ1n) is 7.59. The molecule has 0 atom stereocenters. The summed E-state index contributed by atoms with van der Waals surface area (Å²) in [7, 11) is 0. The van der Waals surface area contributed by atoms with Crippen LogP contribution in [0.2, 0.25) is 10.0 Å². The summed E-state index contributed by atoms with van der Waals surface area (Å²) in [6, 6.07) is 7.23. The molecule has 0 bridgehead atoms. The molecular weight excluding hydrogens is 335 g/mol. The molecule has 0 aliphatic heterocycles. The maximum Gasteiger partial charge on any atom is 0.239 e. The molecule has 0 spiro atoms. The van der Waals surface area contributed by atoms with Gasteiger partial charge in [0.15, 0.2) is 0 Å². The van der Waals surface area contributed by atoms with Gasteiger partial charge in [0.1, 0.15) is 5.82 Å². The topological polar surface area (TPSA) is 59.0 Å². The average Bonchev–Trinajstić information content (AvgIpc) is 3.25. The summed E-state index contributed by atoms with van der Waals surface area (Å²) in [5, 5.41) is 11.3. The van der Waals surface area contributed by atoms with Gasteiger partial charge in [-0.3, -0.25) is 4.79 Å². The minimum absolute atomic E-state index is 0.0791. The lowest BCUT2D eigenvalue weighted by Gasteiger charge is -2.11. The van der Waals surface area contributed by atoms with Gasteiger partial charge in [0.05, 0.1) is 29.3 Å². The zero-order chi connectivity index (χ0) is 16.2. The number of hydrogen-bond acceptors (Lipinski definition) is 3. The van der Waals surface area contributed by atoms with Crippen LogP contribution in [0.15, 0.2) is 30.5 Å². The summed E-state index contributed by atoms with van der Waals surface area (Å²) >= 11 is 12.2. The van der Waals surface area contributed by atoms with E-state index in [4.69, 9.17) is 23.2 Å². The van der Waals surface area contributed by atoms with Gasteiger partial charge in [-0.05, 0) is 36.9 Å². The summed E-state index contributed by atoms with van der Waals surface area (Å²) in [5.41, 5.74) is 0.852. The molecule has 3 rings (SSSR count). The third kappa shape index (κ3) is 4.47. The van der Waals surface area contributed by atoms with Crippen LogP contribution in [0, 0.1) is 5.92 Å². The molecule has 2 N–H and O–H groups in total. The van der Waals surface area contributed by atoms with E-state index in [9.17, 15) is 4.79 Å². The van der Waals surface area contributed by atoms with E-state index in [1.165, 1.54) is 12.8 Å². The number of anilines is 1. The average molecular weight is 353 g/mol. The van der Waals surface area contributed by atoms with Crippen molar-refractivity contribution in [3.8, 4) is 0 Å². The van der Waals surface area contributed by atoms with Gasteiger partial charge >= 0.3 is 0 Å². The van der Waals surface area contributed by atoms with Crippen LogP contribution in [0.5, 0.6) is 0 Å². The van der Waals surface area contributed by atoms with Gasteiger partial charge in [0, 0.05) is 6.07 Å². The normalized spacial score (nSPS) is 14.0. The van der Waals surface area contributed by atoms with Gasteiger partial charge in [-0.15, -0.1) is 0 Å². The van der Waals surface area contributed by atoms with Crippen LogP contribution in [-0.2, 0) is 11.3 Å². The van der Waals surface area contributed by atoms with Crippen molar-refractivity contribution in [2.24, 2.45) is 5.92 Å². The quantitative estimate of drug-likeness (QED) is 0.804. The summed E-state index contributed by atoms with van der Waals surface area (Å²) in [6.45, 7) is 1.65. The molecule has 1 aromatic heterocycles. The number of amides is 1. The van der Waals surface area contributed by atoms with Crippen molar-refractivity contribution in [1.29, 1.82) is 0 Å². The number of nitrogens with one attached hydrogen (secondary N) is 2. The van der Waals surface area contributed by atoms with Crippen LogP contribution in [-0.4, -0.2) is 28.8 Å². The second-order valence-corrected chi connectivity index (χ2v) is 6.49. The molecule has 2 aromatic rings. The van der Waals surface area contributed by atoms with Crippen LogP contribution in [0.3, 0.4) is 0 Å². The second kappa shape index (κ2) is 7.34. The van der Waals surface area contributed by atoms with Crippen molar-refractivity contribution >= 4 is 34.9 Å². The Kier molecular flexibility index (Phi) is 5.20. The summed E-state index contributed by atoms with van der Waals surface area (Å²) in [6.07, 6.45) is 4.18. The molecule has 122 valence electrons. The first-order valence-corrected chi connectivity index (χ1v) is 8.34. The lowest BCUT2D eigenvalue weighted by Crippen LogP contribution is -2.30. The lowest BCUT2D eigenvalue weighted by atomic mass is 10.2. The molecule has 1 saturated carbocycles. The molecule has 1 aliphatic rings. The number of rotatable bonds is 7. The van der Waals surface area contributed by atoms with Gasteiger partial charge in [-0.2, -0.15) is 5.10 Å². The van der Waals surface area contributed by atoms with Crippen molar-refractivity contribution in [2.75, 3.05) is 18.4 Å². The molecule has 0 unspecified atom stereocenters. The molecule has 0 radical (unpaired) electrons. The summed E-state index contributed by atoms with van der Waals surface area (Å²) in [5.74, 6) is 1.31. The lowest BCUT2D eigenvalue weighted by molar-refractivity contribution is -0.115. The van der Waals surface area contributed by atoms with E-state index in [1.807, 2.05) is 12.1 Å². The number of benzene rings is 1. The molecule has 1 aliphatic carbocycles. The van der Waals surface area contributed by atoms with Crippen molar-refractivity contribution in [3.63, 3.8) is 0 Å². The largest absolute Gasteiger partial charge is 0.310 e. The molecule has 7 heteroatoms. The van der Waals surface area contributed by atoms with Crippen LogP contribution in [0.25, 0.3) is 0 Å². The monoisotopic (exact) mass is 352 g/mol. The molecule has 0 saturated heterocycles. The molecule has 1 amide bonds. The van der Waals surface area contributed by atoms with Crippen molar-refractivity contribution in [2.45, 2.75) is 19.4 Å². The Morgan fingerprint density at radius 3 is 2.91 bits per heavy atom. The van der Waals surface area contributed by atoms with E-state index in [0.717, 1.165) is 18.0 Å². The number of aromatic nitrogens is 2. The maximum atomic E-state index is 12.0. The highest BCUT2D eigenvalue weighted by Crippen LogP contribution is 2.27. The first kappa shape index (κ1) is 16.3. The fourth-order valence-electron chi connectivity index (χ4n) is 2.30. The third-order valence-electron chi connectivity index (χ3n) is 3.75. The van der Waals surface area contributed by atoms with Gasteiger partial charge < -0.3 is 10.6 Å². The van der Waals surface area contributed by atoms with Crippen LogP contribution >= 0.6 is 23.2 Å². The van der Waals surface area contributed by atoms with Crippen LogP contribution < -0.4 is 10.6 Å². The molecule has 1 aromatic carbocycles. The summed E-state index contributed by atoms with van der Waals surface area (Å²) in [4.78, 5) is 12.0. The number of carbonyl (C=O) groups excluding carboxylic acids is 1. The predicted octanol–water partition coefficient (Wildman–Crippen LogP) is 3.18. The second-order valence-electron chi connectivity index (χ2n) is 5.71.